The fourth-order valence-electron chi connectivity index (χ4n) is 6.13. The van der Waals surface area contributed by atoms with Gasteiger partial charge in [-0.3, -0.25) is 4.79 Å². The van der Waals surface area contributed by atoms with Gasteiger partial charge in [-0.15, -0.1) is 5.92 Å². The highest BCUT2D eigenvalue weighted by Gasteiger charge is 2.43. The monoisotopic (exact) mass is 634 g/mol. The largest absolute Gasteiger partial charge is 0.466 e. The zero-order valence-corrected chi connectivity index (χ0v) is 28.4. The molecule has 0 fully saturated rings. The highest BCUT2D eigenvalue weighted by atomic mass is 28.3. The minimum atomic E-state index is -2.31. The summed E-state index contributed by atoms with van der Waals surface area (Å²) in [5.74, 6) is 10.9. The third-order valence-corrected chi connectivity index (χ3v) is 11.7. The van der Waals surface area contributed by atoms with E-state index in [4.69, 9.17) is 9.47 Å². The SMILES string of the molecule is CC#Cc1ccc(C2=C(c3ccccc3)C(c3ccccc3)=C(c3ccc(C#CC(=O)OCCCCOC(C)=O)cc3)[Si]2(C)C)cc1. The molecule has 0 amide bonds. The predicted molar refractivity (Wildman–Crippen MR) is 193 cm³/mol. The van der Waals surface area contributed by atoms with Crippen LogP contribution in [0.2, 0.25) is 13.1 Å². The van der Waals surface area contributed by atoms with Gasteiger partial charge in [-0.2, -0.15) is 0 Å². The molecule has 1 aliphatic rings. The van der Waals surface area contributed by atoms with E-state index in [0.717, 1.165) is 16.7 Å². The van der Waals surface area contributed by atoms with Crippen molar-refractivity contribution in [2.45, 2.75) is 39.8 Å². The van der Waals surface area contributed by atoms with Gasteiger partial charge < -0.3 is 9.47 Å². The maximum absolute atomic E-state index is 12.2. The standard InChI is InChI=1S/C42H38O4Si/c1-5-14-32-19-24-36(25-20-32)41-39(34-15-8-6-9-16-34)40(35-17-10-7-11-18-35)42(47(41,3)4)37-26-21-33(22-27-37)23-28-38(44)46-30-13-12-29-45-31(2)43/h6-11,15-22,24-27H,12-13,29-30H2,1-4H3. The lowest BCUT2D eigenvalue weighted by Crippen LogP contribution is -2.28. The van der Waals surface area contributed by atoms with Crippen LogP contribution >= 0.6 is 0 Å². The molecule has 0 bridgehead atoms. The summed E-state index contributed by atoms with van der Waals surface area (Å²) in [6.45, 7) is 8.66. The first-order valence-electron chi connectivity index (χ1n) is 15.9. The Morgan fingerprint density at radius 1 is 0.596 bits per heavy atom. The van der Waals surface area contributed by atoms with E-state index in [1.807, 2.05) is 19.1 Å². The third-order valence-electron chi connectivity index (χ3n) is 8.13. The van der Waals surface area contributed by atoms with Crippen molar-refractivity contribution < 1.29 is 19.1 Å². The summed E-state index contributed by atoms with van der Waals surface area (Å²) in [5.41, 5.74) is 9.04. The van der Waals surface area contributed by atoms with Gasteiger partial charge in [-0.05, 0) is 87.8 Å². The Hall–Kier alpha value is -5.36. The van der Waals surface area contributed by atoms with Crippen molar-refractivity contribution in [2.75, 3.05) is 13.2 Å². The van der Waals surface area contributed by atoms with E-state index in [-0.39, 0.29) is 12.6 Å². The van der Waals surface area contributed by atoms with Gasteiger partial charge in [-0.1, -0.05) is 110 Å². The molecule has 0 N–H and O–H groups in total. The number of benzene rings is 4. The van der Waals surface area contributed by atoms with Crippen molar-refractivity contribution in [2.24, 2.45) is 0 Å². The molecule has 0 atom stereocenters. The second kappa shape index (κ2) is 15.3. The Morgan fingerprint density at radius 3 is 1.49 bits per heavy atom. The second-order valence-corrected chi connectivity index (χ2v) is 16.1. The van der Waals surface area contributed by atoms with Crippen LogP contribution in [0.3, 0.4) is 0 Å². The zero-order valence-electron chi connectivity index (χ0n) is 27.4. The van der Waals surface area contributed by atoms with E-state index in [9.17, 15) is 9.59 Å². The molecule has 0 unspecified atom stereocenters. The topological polar surface area (TPSA) is 52.6 Å². The summed E-state index contributed by atoms with van der Waals surface area (Å²) < 4.78 is 10.1. The van der Waals surface area contributed by atoms with Crippen molar-refractivity contribution in [3.8, 4) is 23.7 Å². The van der Waals surface area contributed by atoms with Crippen LogP contribution < -0.4 is 0 Å². The maximum atomic E-state index is 12.2. The Bertz CT molecular complexity index is 1930. The highest BCUT2D eigenvalue weighted by Crippen LogP contribution is 2.55. The van der Waals surface area contributed by atoms with Gasteiger partial charge in [0.2, 0.25) is 0 Å². The molecule has 1 aliphatic heterocycles. The molecule has 1 heterocycles. The molecule has 0 spiro atoms. The van der Waals surface area contributed by atoms with Crippen molar-refractivity contribution in [1.29, 1.82) is 0 Å². The average Bonchev–Trinajstić information content (AvgIpc) is 3.33. The van der Waals surface area contributed by atoms with Gasteiger partial charge >= 0.3 is 11.9 Å². The molecule has 0 radical (unpaired) electrons. The number of carbonyl (C=O) groups is 2. The van der Waals surface area contributed by atoms with Gasteiger partial charge in [0.25, 0.3) is 0 Å². The molecule has 0 aromatic heterocycles. The third kappa shape index (κ3) is 7.90. The van der Waals surface area contributed by atoms with Crippen LogP contribution in [-0.4, -0.2) is 33.2 Å². The first-order chi connectivity index (χ1) is 22.8. The number of rotatable bonds is 9. The summed E-state index contributed by atoms with van der Waals surface area (Å²) >= 11 is 0. The van der Waals surface area contributed by atoms with Gasteiger partial charge in [0.1, 0.15) is 8.07 Å². The fourth-order valence-corrected chi connectivity index (χ4v) is 9.94. The molecule has 234 valence electrons. The lowest BCUT2D eigenvalue weighted by atomic mass is 9.89. The fraction of sp³-hybridized carbons (Fsp3) is 0.190. The number of ether oxygens (including phenoxy) is 2. The smallest absolute Gasteiger partial charge is 0.384 e. The normalized spacial score (nSPS) is 13.3. The quantitative estimate of drug-likeness (QED) is 0.0801. The Morgan fingerprint density at radius 2 is 1.04 bits per heavy atom. The van der Waals surface area contributed by atoms with E-state index in [1.54, 1.807) is 0 Å². The molecule has 5 rings (SSSR count). The number of allylic oxidation sites excluding steroid dienone is 2. The van der Waals surface area contributed by atoms with Crippen molar-refractivity contribution in [3.63, 3.8) is 0 Å². The number of esters is 2. The molecular weight excluding hydrogens is 597 g/mol. The highest BCUT2D eigenvalue weighted by molar-refractivity contribution is 7.13. The van der Waals surface area contributed by atoms with Crippen LogP contribution in [0, 0.1) is 23.7 Å². The van der Waals surface area contributed by atoms with Gasteiger partial charge in [0.15, 0.2) is 0 Å². The first kappa shape index (κ1) is 33.0. The summed E-state index contributed by atoms with van der Waals surface area (Å²) in [6, 6.07) is 38.3. The van der Waals surface area contributed by atoms with Crippen molar-refractivity contribution >= 4 is 41.6 Å². The zero-order chi connectivity index (χ0) is 33.2. The number of hydrogen-bond acceptors (Lipinski definition) is 4. The van der Waals surface area contributed by atoms with E-state index >= 15 is 0 Å². The average molecular weight is 635 g/mol. The van der Waals surface area contributed by atoms with Crippen LogP contribution in [0.25, 0.3) is 21.5 Å². The number of hydrogen-bond donors (Lipinski definition) is 0. The van der Waals surface area contributed by atoms with E-state index in [1.165, 1.54) is 45.2 Å². The van der Waals surface area contributed by atoms with Crippen LogP contribution in [-0.2, 0) is 19.1 Å². The van der Waals surface area contributed by atoms with Crippen molar-refractivity contribution in [3.05, 3.63) is 143 Å². The number of carbonyl (C=O) groups excluding carboxylic acids is 2. The van der Waals surface area contributed by atoms with E-state index in [0.29, 0.717) is 19.4 Å². The summed E-state index contributed by atoms with van der Waals surface area (Å²) in [7, 11) is -2.31. The molecule has 5 heteroatoms. The van der Waals surface area contributed by atoms with Crippen molar-refractivity contribution in [1.82, 2.24) is 0 Å². The molecule has 4 aromatic rings. The predicted octanol–water partition coefficient (Wildman–Crippen LogP) is 8.62. The summed E-state index contributed by atoms with van der Waals surface area (Å²) in [4.78, 5) is 23.1. The van der Waals surface area contributed by atoms with E-state index < -0.39 is 14.0 Å². The molecule has 47 heavy (non-hydrogen) atoms. The van der Waals surface area contributed by atoms with Gasteiger partial charge in [0, 0.05) is 24.0 Å². The van der Waals surface area contributed by atoms with E-state index in [2.05, 4.69) is 134 Å². The Labute approximate surface area is 279 Å². The number of unbranched alkanes of at least 4 members (excludes halogenated alkanes) is 1. The molecule has 0 aliphatic carbocycles. The molecule has 0 saturated heterocycles. The summed E-state index contributed by atoms with van der Waals surface area (Å²) in [5, 5.41) is 2.76. The minimum absolute atomic E-state index is 0.234. The minimum Gasteiger partial charge on any atom is -0.466 e. The lowest BCUT2D eigenvalue weighted by Gasteiger charge is -2.26. The van der Waals surface area contributed by atoms with Crippen LogP contribution in [0.1, 0.15) is 60.1 Å². The maximum Gasteiger partial charge on any atom is 0.384 e. The molecule has 4 nitrogen and oxygen atoms in total. The molecule has 0 saturated carbocycles. The second-order valence-electron chi connectivity index (χ2n) is 11.8. The lowest BCUT2D eigenvalue weighted by molar-refractivity contribution is -0.142. The van der Waals surface area contributed by atoms with Crippen LogP contribution in [0.4, 0.5) is 0 Å². The van der Waals surface area contributed by atoms with Gasteiger partial charge in [0.05, 0.1) is 13.2 Å². The van der Waals surface area contributed by atoms with Gasteiger partial charge in [-0.25, -0.2) is 4.79 Å². The Kier molecular flexibility index (Phi) is 10.7. The van der Waals surface area contributed by atoms with Crippen LogP contribution in [0.15, 0.2) is 109 Å². The molecular formula is C42H38O4Si. The first-order valence-corrected chi connectivity index (χ1v) is 18.9. The van der Waals surface area contributed by atoms with Crippen LogP contribution in [0.5, 0.6) is 0 Å². The molecule has 4 aromatic carbocycles. The Balaban J connectivity index is 1.51. The summed E-state index contributed by atoms with van der Waals surface area (Å²) in [6.07, 6.45) is 1.23.